The van der Waals surface area contributed by atoms with Gasteiger partial charge in [-0.05, 0) is 83.0 Å². The second-order valence-corrected chi connectivity index (χ2v) is 9.54. The maximum Gasteiger partial charge on any atom is 0.138 e. The van der Waals surface area contributed by atoms with Crippen LogP contribution in [0.2, 0.25) is 0 Å². The minimum atomic E-state index is -0.442. The van der Waals surface area contributed by atoms with Gasteiger partial charge in [-0.15, -0.1) is 0 Å². The molecule has 2 aliphatic carbocycles. The number of aliphatic hydroxyl groups is 2. The fourth-order valence-corrected chi connectivity index (χ4v) is 5.13. The van der Waals surface area contributed by atoms with E-state index in [-0.39, 0.29) is 12.5 Å². The summed E-state index contributed by atoms with van der Waals surface area (Å²) in [5.74, 6) is 1.47. The predicted molar refractivity (Wildman–Crippen MR) is 116 cm³/mol. The Balaban J connectivity index is 1.74. The van der Waals surface area contributed by atoms with Crippen molar-refractivity contribution in [2.24, 2.45) is 23.7 Å². The molecule has 3 heteroatoms. The van der Waals surface area contributed by atoms with Gasteiger partial charge in [0.05, 0.1) is 6.10 Å². The number of hydrogen-bond donors (Lipinski definition) is 2. The standard InChI is InChI=1S/C25H42O3/c1-18(2)9-6-7-10-19(3)12-13-23(27)25-22-16-20(11-5-4-8-14-26)15-21(22)17-24(25)28/h9,15,19,21-22,24-26,28H,4-8,10-14,16-17H2,1-3H3/t19?,21-,22-,24-,25+/m1/s1. The zero-order valence-electron chi connectivity index (χ0n) is 18.3. The quantitative estimate of drug-likeness (QED) is 0.318. The van der Waals surface area contributed by atoms with Gasteiger partial charge in [0.1, 0.15) is 5.78 Å². The monoisotopic (exact) mass is 390 g/mol. The molecule has 0 bridgehead atoms. The predicted octanol–water partition coefficient (Wildman–Crippen LogP) is 5.60. The van der Waals surface area contributed by atoms with Gasteiger partial charge in [0, 0.05) is 18.9 Å². The number of unbranched alkanes of at least 4 members (excludes halogenated alkanes) is 3. The van der Waals surface area contributed by atoms with Crippen molar-refractivity contribution >= 4 is 5.78 Å². The second kappa shape index (κ2) is 11.9. The number of Topliss-reactive ketones (excluding diaryl/α,β-unsaturated/α-hetero) is 1. The Bertz CT molecular complexity index is 544. The van der Waals surface area contributed by atoms with Crippen LogP contribution in [-0.4, -0.2) is 28.7 Å². The van der Waals surface area contributed by atoms with Gasteiger partial charge in [-0.3, -0.25) is 4.79 Å². The number of carbonyl (C=O) groups is 1. The van der Waals surface area contributed by atoms with Crippen molar-refractivity contribution in [2.45, 2.75) is 97.5 Å². The zero-order valence-corrected chi connectivity index (χ0v) is 18.3. The molecule has 0 spiro atoms. The van der Waals surface area contributed by atoms with Crippen LogP contribution >= 0.6 is 0 Å². The molecular formula is C25H42O3. The van der Waals surface area contributed by atoms with E-state index in [0.29, 0.717) is 30.0 Å². The number of allylic oxidation sites excluding steroid dienone is 4. The number of fused-ring (bicyclic) bond motifs is 1. The molecule has 0 aliphatic heterocycles. The molecule has 2 N–H and O–H groups in total. The fraction of sp³-hybridized carbons (Fsp3) is 0.800. The van der Waals surface area contributed by atoms with Crippen LogP contribution in [0.3, 0.4) is 0 Å². The summed E-state index contributed by atoms with van der Waals surface area (Å²) in [6.07, 6.45) is 15.2. The highest BCUT2D eigenvalue weighted by Gasteiger charge is 2.47. The van der Waals surface area contributed by atoms with Gasteiger partial charge in [0.15, 0.2) is 0 Å². The van der Waals surface area contributed by atoms with E-state index in [0.717, 1.165) is 51.4 Å². The fourth-order valence-electron chi connectivity index (χ4n) is 5.13. The lowest BCUT2D eigenvalue weighted by molar-refractivity contribution is -0.127. The Hall–Kier alpha value is -0.930. The molecule has 0 aromatic carbocycles. The van der Waals surface area contributed by atoms with Crippen molar-refractivity contribution in [3.63, 3.8) is 0 Å². The summed E-state index contributed by atoms with van der Waals surface area (Å²) in [5.41, 5.74) is 2.86. The molecule has 1 unspecified atom stereocenters. The highest BCUT2D eigenvalue weighted by Crippen LogP contribution is 2.48. The van der Waals surface area contributed by atoms with Crippen LogP contribution in [0, 0.1) is 23.7 Å². The van der Waals surface area contributed by atoms with Gasteiger partial charge in [-0.1, -0.05) is 43.1 Å². The van der Waals surface area contributed by atoms with E-state index in [1.807, 2.05) is 0 Å². The normalized spacial score (nSPS) is 27.4. The van der Waals surface area contributed by atoms with Crippen molar-refractivity contribution in [1.82, 2.24) is 0 Å². The number of aliphatic hydroxyl groups excluding tert-OH is 2. The first-order valence-corrected chi connectivity index (χ1v) is 11.6. The van der Waals surface area contributed by atoms with Gasteiger partial charge in [0.25, 0.3) is 0 Å². The molecule has 160 valence electrons. The van der Waals surface area contributed by atoms with Crippen molar-refractivity contribution in [2.75, 3.05) is 6.61 Å². The number of rotatable bonds is 13. The molecule has 0 heterocycles. The third-order valence-corrected chi connectivity index (χ3v) is 6.75. The summed E-state index contributed by atoms with van der Waals surface area (Å²) < 4.78 is 0. The first-order valence-electron chi connectivity index (χ1n) is 11.6. The van der Waals surface area contributed by atoms with Crippen molar-refractivity contribution in [3.05, 3.63) is 23.3 Å². The smallest absolute Gasteiger partial charge is 0.138 e. The maximum absolute atomic E-state index is 12.9. The molecule has 0 saturated heterocycles. The lowest BCUT2D eigenvalue weighted by Crippen LogP contribution is -2.28. The topological polar surface area (TPSA) is 57.5 Å². The Labute approximate surface area is 172 Å². The first kappa shape index (κ1) is 23.3. The Morgan fingerprint density at radius 1 is 1.21 bits per heavy atom. The van der Waals surface area contributed by atoms with Crippen molar-refractivity contribution in [3.8, 4) is 0 Å². The third-order valence-electron chi connectivity index (χ3n) is 6.75. The van der Waals surface area contributed by atoms with Crippen molar-refractivity contribution < 1.29 is 15.0 Å². The molecule has 0 radical (unpaired) electrons. The highest BCUT2D eigenvalue weighted by molar-refractivity contribution is 5.82. The molecule has 0 aromatic heterocycles. The average molecular weight is 391 g/mol. The van der Waals surface area contributed by atoms with E-state index in [1.54, 1.807) is 0 Å². The summed E-state index contributed by atoms with van der Waals surface area (Å²) in [4.78, 5) is 12.9. The van der Waals surface area contributed by atoms with Crippen LogP contribution in [0.25, 0.3) is 0 Å². The maximum atomic E-state index is 12.9. The Kier molecular flexibility index (Phi) is 9.94. The number of hydrogen-bond acceptors (Lipinski definition) is 3. The number of ketones is 1. The molecule has 28 heavy (non-hydrogen) atoms. The summed E-state index contributed by atoms with van der Waals surface area (Å²) in [6, 6.07) is 0. The SMILES string of the molecule is CC(C)=CCCCC(C)CCC(=O)[C@@H]1[C@@H]2CC(CCCCCO)=C[C@@H]2C[C@H]1O. The first-order chi connectivity index (χ1) is 13.4. The second-order valence-electron chi connectivity index (χ2n) is 9.54. The van der Waals surface area contributed by atoms with E-state index < -0.39 is 6.10 Å². The summed E-state index contributed by atoms with van der Waals surface area (Å²) in [5, 5.41) is 19.4. The molecule has 2 aliphatic rings. The van der Waals surface area contributed by atoms with Gasteiger partial charge in [0.2, 0.25) is 0 Å². The van der Waals surface area contributed by atoms with Crippen LogP contribution in [-0.2, 0) is 4.79 Å². The molecule has 0 amide bonds. The third kappa shape index (κ3) is 7.15. The molecule has 1 fully saturated rings. The summed E-state index contributed by atoms with van der Waals surface area (Å²) >= 11 is 0. The molecule has 0 aromatic rings. The molecule has 1 saturated carbocycles. The summed E-state index contributed by atoms with van der Waals surface area (Å²) in [6.45, 7) is 6.81. The molecule has 5 atom stereocenters. The Morgan fingerprint density at radius 3 is 2.71 bits per heavy atom. The highest BCUT2D eigenvalue weighted by atomic mass is 16.3. The van der Waals surface area contributed by atoms with Crippen LogP contribution in [0.15, 0.2) is 23.3 Å². The van der Waals surface area contributed by atoms with E-state index in [9.17, 15) is 9.90 Å². The van der Waals surface area contributed by atoms with Gasteiger partial charge < -0.3 is 10.2 Å². The largest absolute Gasteiger partial charge is 0.396 e. The van der Waals surface area contributed by atoms with Crippen LogP contribution in [0.1, 0.15) is 91.4 Å². The van der Waals surface area contributed by atoms with Crippen LogP contribution in [0.4, 0.5) is 0 Å². The lowest BCUT2D eigenvalue weighted by Gasteiger charge is -2.21. The molecular weight excluding hydrogens is 348 g/mol. The lowest BCUT2D eigenvalue weighted by atomic mass is 9.83. The van der Waals surface area contributed by atoms with Gasteiger partial charge >= 0.3 is 0 Å². The van der Waals surface area contributed by atoms with Crippen molar-refractivity contribution in [1.29, 1.82) is 0 Å². The summed E-state index contributed by atoms with van der Waals surface area (Å²) in [7, 11) is 0. The van der Waals surface area contributed by atoms with E-state index >= 15 is 0 Å². The number of carbonyl (C=O) groups excluding carboxylic acids is 1. The minimum absolute atomic E-state index is 0.144. The van der Waals surface area contributed by atoms with Crippen LogP contribution < -0.4 is 0 Å². The molecule has 3 nitrogen and oxygen atoms in total. The van der Waals surface area contributed by atoms with E-state index in [1.165, 1.54) is 24.0 Å². The van der Waals surface area contributed by atoms with Gasteiger partial charge in [-0.25, -0.2) is 0 Å². The average Bonchev–Trinajstić information content (AvgIpc) is 3.16. The van der Waals surface area contributed by atoms with Crippen LogP contribution in [0.5, 0.6) is 0 Å². The van der Waals surface area contributed by atoms with E-state index in [4.69, 9.17) is 5.11 Å². The van der Waals surface area contributed by atoms with Gasteiger partial charge in [-0.2, -0.15) is 0 Å². The zero-order chi connectivity index (χ0) is 20.5. The Morgan fingerprint density at radius 2 is 2.00 bits per heavy atom. The molecule has 2 rings (SSSR count). The van der Waals surface area contributed by atoms with E-state index in [2.05, 4.69) is 32.9 Å². The minimum Gasteiger partial charge on any atom is -0.396 e.